The Bertz CT molecular complexity index is 933. The first-order valence-electron chi connectivity index (χ1n) is 11.0. The molecule has 3 fully saturated rings. The molecule has 8 heteroatoms. The maximum Gasteiger partial charge on any atom is 0.323 e. The molecule has 31 heavy (non-hydrogen) atoms. The number of nitrogens with zero attached hydrogens (tertiary/aromatic N) is 3. The zero-order valence-corrected chi connectivity index (χ0v) is 17.5. The van der Waals surface area contributed by atoms with Crippen molar-refractivity contribution in [2.45, 2.75) is 18.9 Å². The second-order valence-corrected chi connectivity index (χ2v) is 8.79. The molecule has 3 N–H and O–H groups in total. The molecule has 0 spiro atoms. The molecule has 2 amide bonds. The Balaban J connectivity index is 1.21. The smallest absolute Gasteiger partial charge is 0.323 e. The number of anilines is 2. The number of carbonyl (C=O) groups excluding carboxylic acids is 1. The lowest BCUT2D eigenvalue weighted by Crippen LogP contribution is -2.41. The van der Waals surface area contributed by atoms with Crippen LogP contribution in [0.2, 0.25) is 0 Å². The van der Waals surface area contributed by atoms with Gasteiger partial charge >= 0.3 is 6.03 Å². The van der Waals surface area contributed by atoms with E-state index in [1.807, 2.05) is 4.90 Å². The van der Waals surface area contributed by atoms with Crippen LogP contribution in [0, 0.1) is 17.7 Å². The van der Waals surface area contributed by atoms with Gasteiger partial charge in [0.15, 0.2) is 5.82 Å². The highest BCUT2D eigenvalue weighted by molar-refractivity contribution is 5.92. The van der Waals surface area contributed by atoms with Gasteiger partial charge < -0.3 is 15.4 Å². The molecule has 0 aliphatic carbocycles. The average Bonchev–Trinajstić information content (AvgIpc) is 3.36. The minimum atomic E-state index is -0.303. The Hall–Kier alpha value is -2.71. The fourth-order valence-electron chi connectivity index (χ4n) is 5.08. The summed E-state index contributed by atoms with van der Waals surface area (Å²) >= 11 is 0. The number of nitrogens with one attached hydrogen (secondary N) is 1. The van der Waals surface area contributed by atoms with Crippen molar-refractivity contribution in [1.82, 2.24) is 14.8 Å². The summed E-state index contributed by atoms with van der Waals surface area (Å²) < 4.78 is 18.7. The van der Waals surface area contributed by atoms with E-state index >= 15 is 0 Å². The highest BCUT2D eigenvalue weighted by Crippen LogP contribution is 2.34. The van der Waals surface area contributed by atoms with Crippen LogP contribution < -0.4 is 11.1 Å². The van der Waals surface area contributed by atoms with E-state index in [-0.39, 0.29) is 11.8 Å². The van der Waals surface area contributed by atoms with Crippen molar-refractivity contribution >= 4 is 17.5 Å². The van der Waals surface area contributed by atoms with Gasteiger partial charge in [0, 0.05) is 51.0 Å². The number of benzene rings is 1. The van der Waals surface area contributed by atoms with E-state index in [1.165, 1.54) is 12.1 Å². The van der Waals surface area contributed by atoms with Gasteiger partial charge in [-0.3, -0.25) is 10.2 Å². The van der Waals surface area contributed by atoms with E-state index in [0.29, 0.717) is 35.1 Å². The number of nitrogen functional groups attached to an aromatic ring is 1. The van der Waals surface area contributed by atoms with Crippen molar-refractivity contribution in [1.29, 1.82) is 0 Å². The Morgan fingerprint density at radius 1 is 1.03 bits per heavy atom. The van der Waals surface area contributed by atoms with E-state index in [1.54, 1.807) is 24.3 Å². The molecule has 3 saturated heterocycles. The second kappa shape index (κ2) is 8.43. The topological polar surface area (TPSA) is 83.7 Å². The number of aromatic nitrogens is 1. The largest absolute Gasteiger partial charge is 0.396 e. The van der Waals surface area contributed by atoms with Gasteiger partial charge in [-0.25, -0.2) is 14.2 Å². The minimum absolute atomic E-state index is 0.164. The van der Waals surface area contributed by atoms with Crippen molar-refractivity contribution < 1.29 is 13.9 Å². The molecule has 2 unspecified atom stereocenters. The molecule has 0 bridgehead atoms. The van der Waals surface area contributed by atoms with E-state index < -0.39 is 0 Å². The van der Waals surface area contributed by atoms with Gasteiger partial charge in [-0.15, -0.1) is 0 Å². The van der Waals surface area contributed by atoms with Crippen LogP contribution in [0.4, 0.5) is 20.7 Å². The summed E-state index contributed by atoms with van der Waals surface area (Å²) in [4.78, 5) is 21.9. The quantitative estimate of drug-likeness (QED) is 0.790. The minimum Gasteiger partial charge on any atom is -0.396 e. The molecule has 2 aromatic rings. The first-order valence-corrected chi connectivity index (χ1v) is 11.0. The van der Waals surface area contributed by atoms with Crippen molar-refractivity contribution in [2.24, 2.45) is 11.8 Å². The lowest BCUT2D eigenvalue weighted by Gasteiger charge is -2.32. The Morgan fingerprint density at radius 3 is 2.39 bits per heavy atom. The lowest BCUT2D eigenvalue weighted by molar-refractivity contribution is 0.0390. The molecule has 3 aliphatic heterocycles. The zero-order chi connectivity index (χ0) is 21.4. The number of hydrogen-bond donors (Lipinski definition) is 2. The number of nitrogens with two attached hydrogens (primary N) is 1. The second-order valence-electron chi connectivity index (χ2n) is 8.79. The molecule has 0 saturated carbocycles. The van der Waals surface area contributed by atoms with Crippen LogP contribution in [0.3, 0.4) is 0 Å². The Labute approximate surface area is 181 Å². The summed E-state index contributed by atoms with van der Waals surface area (Å²) in [5, 5.41) is 2.88. The average molecular weight is 426 g/mol. The van der Waals surface area contributed by atoms with E-state index in [9.17, 15) is 9.18 Å². The van der Waals surface area contributed by atoms with Gasteiger partial charge in [0.25, 0.3) is 0 Å². The Morgan fingerprint density at radius 2 is 1.71 bits per heavy atom. The van der Waals surface area contributed by atoms with Gasteiger partial charge in [-0.1, -0.05) is 0 Å². The molecule has 4 heterocycles. The molecule has 0 radical (unpaired) electrons. The fourth-order valence-corrected chi connectivity index (χ4v) is 5.08. The highest BCUT2D eigenvalue weighted by atomic mass is 19.1. The first kappa shape index (κ1) is 20.2. The van der Waals surface area contributed by atoms with Crippen molar-refractivity contribution in [2.75, 3.05) is 50.4 Å². The number of halogens is 1. The van der Waals surface area contributed by atoms with Gasteiger partial charge in [0.05, 0.1) is 11.4 Å². The number of ether oxygens (including phenoxy) is 1. The summed E-state index contributed by atoms with van der Waals surface area (Å²) in [5.74, 6) is 1.07. The summed E-state index contributed by atoms with van der Waals surface area (Å²) in [6, 6.07) is 10.0. The summed E-state index contributed by atoms with van der Waals surface area (Å²) in [5.41, 5.74) is 7.86. The number of urea groups is 1. The van der Waals surface area contributed by atoms with Crippen LogP contribution in [-0.4, -0.2) is 66.2 Å². The highest BCUT2D eigenvalue weighted by Gasteiger charge is 2.43. The molecular formula is C23H28FN5O2. The van der Waals surface area contributed by atoms with Crippen LogP contribution in [0.1, 0.15) is 12.8 Å². The molecule has 7 nitrogen and oxygen atoms in total. The Kier molecular flexibility index (Phi) is 5.50. The standard InChI is InChI=1S/C23H28FN5O2/c24-18-3-1-15(2-4-18)21-6-5-20(25)22(26-21)27-23(30)29-13-16-11-28(12-17(16)14-29)19-7-9-31-10-8-19/h1-6,16-17,19H,7-14,25H2,(H,26,27,30). The first-order chi connectivity index (χ1) is 15.1. The maximum atomic E-state index is 13.2. The summed E-state index contributed by atoms with van der Waals surface area (Å²) in [6.07, 6.45) is 2.22. The van der Waals surface area contributed by atoms with E-state index in [2.05, 4.69) is 15.2 Å². The van der Waals surface area contributed by atoms with Gasteiger partial charge in [-0.2, -0.15) is 0 Å². The lowest BCUT2D eigenvalue weighted by atomic mass is 10.0. The van der Waals surface area contributed by atoms with Gasteiger partial charge in [0.2, 0.25) is 0 Å². The van der Waals surface area contributed by atoms with Crippen LogP contribution in [0.5, 0.6) is 0 Å². The summed E-state index contributed by atoms with van der Waals surface area (Å²) in [7, 11) is 0. The predicted molar refractivity (Wildman–Crippen MR) is 117 cm³/mol. The van der Waals surface area contributed by atoms with Crippen LogP contribution in [0.25, 0.3) is 11.3 Å². The molecule has 5 rings (SSSR count). The summed E-state index contributed by atoms with van der Waals surface area (Å²) in [6.45, 7) is 5.34. The number of rotatable bonds is 3. The number of carbonyl (C=O) groups is 1. The molecule has 2 atom stereocenters. The van der Waals surface area contributed by atoms with Crippen molar-refractivity contribution in [3.8, 4) is 11.3 Å². The maximum absolute atomic E-state index is 13.2. The molecule has 164 valence electrons. The number of pyridine rings is 1. The number of amides is 2. The van der Waals surface area contributed by atoms with Gasteiger partial charge in [-0.05, 0) is 61.1 Å². The van der Waals surface area contributed by atoms with E-state index in [4.69, 9.17) is 10.5 Å². The normalized spacial score (nSPS) is 24.4. The van der Waals surface area contributed by atoms with Crippen molar-refractivity contribution in [3.05, 3.63) is 42.2 Å². The third kappa shape index (κ3) is 4.22. The fraction of sp³-hybridized carbons (Fsp3) is 0.478. The monoisotopic (exact) mass is 425 g/mol. The predicted octanol–water partition coefficient (Wildman–Crippen LogP) is 3.04. The number of likely N-dealkylation sites (tertiary alicyclic amines) is 2. The van der Waals surface area contributed by atoms with Crippen LogP contribution in [0.15, 0.2) is 36.4 Å². The van der Waals surface area contributed by atoms with Crippen LogP contribution in [-0.2, 0) is 4.74 Å². The van der Waals surface area contributed by atoms with Gasteiger partial charge in [0.1, 0.15) is 5.82 Å². The SMILES string of the molecule is Nc1ccc(-c2ccc(F)cc2)nc1NC(=O)N1CC2CN(C3CCOCC3)CC2C1. The van der Waals surface area contributed by atoms with E-state index in [0.717, 1.165) is 57.8 Å². The number of hydrogen-bond acceptors (Lipinski definition) is 5. The molecule has 1 aromatic heterocycles. The van der Waals surface area contributed by atoms with Crippen LogP contribution >= 0.6 is 0 Å². The third-order valence-electron chi connectivity index (χ3n) is 6.80. The molecule has 1 aromatic carbocycles. The van der Waals surface area contributed by atoms with Crippen molar-refractivity contribution in [3.63, 3.8) is 0 Å². The molecule has 3 aliphatic rings. The third-order valence-corrected chi connectivity index (χ3v) is 6.80. The zero-order valence-electron chi connectivity index (χ0n) is 17.5. The molecular weight excluding hydrogens is 397 g/mol. The number of fused-ring (bicyclic) bond motifs is 1.